The number of rotatable bonds is 6. The number of hydrogen-bond donors (Lipinski definition) is 1. The monoisotopic (exact) mass is 481 g/mol. The molecule has 174 valence electrons. The Morgan fingerprint density at radius 2 is 2.03 bits per heavy atom. The molecule has 0 amide bonds. The van der Waals surface area contributed by atoms with Gasteiger partial charge in [0.2, 0.25) is 0 Å². The van der Waals surface area contributed by atoms with Gasteiger partial charge in [-0.1, -0.05) is 11.6 Å². The highest BCUT2D eigenvalue weighted by molar-refractivity contribution is 6.58. The van der Waals surface area contributed by atoms with E-state index in [-0.39, 0.29) is 0 Å². The van der Waals surface area contributed by atoms with Crippen LogP contribution in [0.5, 0.6) is 5.75 Å². The fourth-order valence-electron chi connectivity index (χ4n) is 4.67. The minimum atomic E-state index is -4.05. The number of fused-ring (bicyclic) bond motifs is 2. The molecule has 2 N–H and O–H groups in total. The molecular formula is C25H23BClF2N3O2. The third-order valence-corrected chi connectivity index (χ3v) is 6.45. The molecule has 3 aromatic rings. The van der Waals surface area contributed by atoms with Crippen molar-refractivity contribution in [2.45, 2.75) is 13.3 Å². The van der Waals surface area contributed by atoms with E-state index >= 15 is 8.63 Å². The molecule has 2 aromatic heterocycles. The molecule has 9 heteroatoms. The van der Waals surface area contributed by atoms with Gasteiger partial charge in [0.05, 0.1) is 12.1 Å². The number of ether oxygens (including phenoxy) is 1. The minimum absolute atomic E-state index is 0.374. The zero-order valence-electron chi connectivity index (χ0n) is 18.8. The molecular weight excluding hydrogens is 459 g/mol. The number of nitrogens with two attached hydrogens (primary N) is 1. The fourth-order valence-corrected chi connectivity index (χ4v) is 4.92. The highest BCUT2D eigenvalue weighted by Gasteiger charge is 2.52. The molecule has 1 aromatic carbocycles. The lowest BCUT2D eigenvalue weighted by Crippen LogP contribution is -2.50. The van der Waals surface area contributed by atoms with Crippen LogP contribution in [0.2, 0.25) is 5.02 Å². The normalized spacial score (nSPS) is 16.2. The van der Waals surface area contributed by atoms with Gasteiger partial charge in [0.1, 0.15) is 23.5 Å². The van der Waals surface area contributed by atoms with Gasteiger partial charge in [0.25, 0.3) is 0 Å². The molecule has 5 rings (SSSR count). The van der Waals surface area contributed by atoms with Gasteiger partial charge in [-0.15, -0.1) is 0 Å². The number of furan rings is 1. The maximum absolute atomic E-state index is 15.6. The smallest absolute Gasteiger partial charge is 0.495 e. The van der Waals surface area contributed by atoms with E-state index in [1.165, 1.54) is 6.21 Å². The van der Waals surface area contributed by atoms with Crippen LogP contribution < -0.4 is 10.5 Å². The van der Waals surface area contributed by atoms with Crippen molar-refractivity contribution >= 4 is 42.5 Å². The van der Waals surface area contributed by atoms with Gasteiger partial charge < -0.3 is 32.5 Å². The minimum Gasteiger partial charge on any atom is -0.495 e. The standard InChI is InChI=1S/C25H23BClF2N3O2/c1-16-14-18(32-25(16)20(11-12-30)22-4-3-13-31(22)26(32,28)29)6-7-19-8-10-23(34-19)17-5-9-24(33-2)21(27)15-17/h3-10,13-15H,11-12,30H2,1-2H3/b7-6+. The lowest BCUT2D eigenvalue weighted by molar-refractivity contribution is -0.356. The zero-order valence-corrected chi connectivity index (χ0v) is 19.5. The molecule has 0 fully saturated rings. The number of aryl methyl sites for hydroxylation is 1. The average Bonchev–Trinajstić information content (AvgIpc) is 3.54. The molecule has 0 saturated heterocycles. The summed E-state index contributed by atoms with van der Waals surface area (Å²) in [6, 6.07) is 10.7. The Morgan fingerprint density at radius 1 is 1.21 bits per heavy atom. The number of nitrogens with zero attached hydrogens (tertiary/aromatic N) is 2. The second kappa shape index (κ2) is 8.45. The summed E-state index contributed by atoms with van der Waals surface area (Å²) in [5.41, 5.74) is 9.67. The Balaban J connectivity index is 1.51. The van der Waals surface area contributed by atoms with Crippen LogP contribution in [0.3, 0.4) is 0 Å². The first kappa shape index (κ1) is 22.4. The number of halogens is 3. The average molecular weight is 482 g/mol. The summed E-state index contributed by atoms with van der Waals surface area (Å²) >= 11 is 6.22. The third-order valence-electron chi connectivity index (χ3n) is 6.15. The van der Waals surface area contributed by atoms with Crippen LogP contribution in [0.25, 0.3) is 29.0 Å². The van der Waals surface area contributed by atoms with Crippen molar-refractivity contribution in [1.82, 2.24) is 4.48 Å². The summed E-state index contributed by atoms with van der Waals surface area (Å²) in [4.78, 5) is 0. The number of hydrogen-bond acceptors (Lipinski definition) is 3. The molecule has 0 saturated carbocycles. The van der Waals surface area contributed by atoms with Crippen molar-refractivity contribution in [2.75, 3.05) is 13.7 Å². The second-order valence-corrected chi connectivity index (χ2v) is 8.67. The summed E-state index contributed by atoms with van der Waals surface area (Å²) in [5.74, 6) is 1.72. The molecule has 0 radical (unpaired) electrons. The van der Waals surface area contributed by atoms with Crippen LogP contribution in [0, 0.1) is 6.92 Å². The van der Waals surface area contributed by atoms with E-state index in [0.717, 1.165) is 25.7 Å². The van der Waals surface area contributed by atoms with Gasteiger partial charge >= 0.3 is 6.97 Å². The van der Waals surface area contributed by atoms with E-state index in [9.17, 15) is 0 Å². The molecule has 2 aliphatic rings. The predicted molar refractivity (Wildman–Crippen MR) is 133 cm³/mol. The quantitative estimate of drug-likeness (QED) is 0.450. The number of benzene rings is 1. The van der Waals surface area contributed by atoms with Gasteiger partial charge in [-0.05, 0) is 74.0 Å². The summed E-state index contributed by atoms with van der Waals surface area (Å²) in [5, 5.41) is 0.474. The largest absolute Gasteiger partial charge is 0.737 e. The molecule has 0 aliphatic carbocycles. The summed E-state index contributed by atoms with van der Waals surface area (Å²) in [7, 11) is 1.55. The Morgan fingerprint density at radius 3 is 2.76 bits per heavy atom. The highest BCUT2D eigenvalue weighted by atomic mass is 35.5. The van der Waals surface area contributed by atoms with Gasteiger partial charge in [-0.2, -0.15) is 0 Å². The van der Waals surface area contributed by atoms with Crippen LogP contribution in [0.1, 0.15) is 29.1 Å². The van der Waals surface area contributed by atoms with Crippen LogP contribution in [0.15, 0.2) is 58.7 Å². The van der Waals surface area contributed by atoms with E-state index in [1.54, 1.807) is 55.7 Å². The Bertz CT molecular complexity index is 1420. The predicted octanol–water partition coefficient (Wildman–Crippen LogP) is 5.84. The Kier molecular flexibility index (Phi) is 5.58. The first-order valence-electron chi connectivity index (χ1n) is 10.9. The topological polar surface area (TPSA) is 56.3 Å². The summed E-state index contributed by atoms with van der Waals surface area (Å²) < 4.78 is 44.6. The van der Waals surface area contributed by atoms with Crippen LogP contribution in [-0.2, 0) is 0 Å². The lowest BCUT2D eigenvalue weighted by Gasteiger charge is -2.32. The van der Waals surface area contributed by atoms with Crippen LogP contribution >= 0.6 is 11.6 Å². The van der Waals surface area contributed by atoms with Crippen molar-refractivity contribution in [3.05, 3.63) is 82.0 Å². The SMILES string of the molecule is COc1ccc(-c2ccc(/C=C/c3cc(C)c4n3[B-](F)(F)[N+]3=CC=CC3=C4CCN)o2)cc1Cl. The fraction of sp³-hybridized carbons (Fsp3) is 0.160. The van der Waals surface area contributed by atoms with Crippen LogP contribution in [0.4, 0.5) is 8.63 Å². The van der Waals surface area contributed by atoms with E-state index < -0.39 is 6.97 Å². The van der Waals surface area contributed by atoms with E-state index in [2.05, 4.69) is 0 Å². The van der Waals surface area contributed by atoms with Gasteiger partial charge in [-0.3, -0.25) is 0 Å². The Hall–Kier alpha value is -3.36. The first-order valence-corrected chi connectivity index (χ1v) is 11.3. The second-order valence-electron chi connectivity index (χ2n) is 8.26. The number of methoxy groups -OCH3 is 1. The molecule has 0 spiro atoms. The maximum atomic E-state index is 15.6. The first-order chi connectivity index (χ1) is 16.3. The lowest BCUT2D eigenvalue weighted by atomic mass is 9.86. The molecule has 4 heterocycles. The molecule has 34 heavy (non-hydrogen) atoms. The molecule has 2 aliphatic heterocycles. The van der Waals surface area contributed by atoms with Gasteiger partial charge in [0.15, 0.2) is 5.70 Å². The Labute approximate surface area is 201 Å². The van der Waals surface area contributed by atoms with E-state index in [1.807, 2.05) is 19.1 Å². The van der Waals surface area contributed by atoms with Crippen molar-refractivity contribution in [3.8, 4) is 17.1 Å². The van der Waals surface area contributed by atoms with Crippen molar-refractivity contribution in [2.24, 2.45) is 5.73 Å². The van der Waals surface area contributed by atoms with Gasteiger partial charge in [-0.25, -0.2) is 0 Å². The summed E-state index contributed by atoms with van der Waals surface area (Å²) in [6.07, 6.45) is 8.66. The number of aromatic nitrogens is 1. The maximum Gasteiger partial charge on any atom is 0.737 e. The van der Waals surface area contributed by atoms with Crippen molar-refractivity contribution in [1.29, 1.82) is 0 Å². The van der Waals surface area contributed by atoms with Crippen molar-refractivity contribution in [3.63, 3.8) is 0 Å². The van der Waals surface area contributed by atoms with Crippen LogP contribution in [-0.4, -0.2) is 35.8 Å². The molecule has 0 bridgehead atoms. The molecule has 5 nitrogen and oxygen atoms in total. The van der Waals surface area contributed by atoms with E-state index in [0.29, 0.717) is 52.3 Å². The molecule has 0 atom stereocenters. The summed E-state index contributed by atoms with van der Waals surface area (Å²) in [6.45, 7) is -1.82. The van der Waals surface area contributed by atoms with Gasteiger partial charge in [0, 0.05) is 34.7 Å². The molecule has 0 unspecified atom stereocenters. The highest BCUT2D eigenvalue weighted by Crippen LogP contribution is 2.40. The third kappa shape index (κ3) is 3.54. The zero-order chi connectivity index (χ0) is 24.0. The van der Waals surface area contributed by atoms with E-state index in [4.69, 9.17) is 26.5 Å². The van der Waals surface area contributed by atoms with Crippen molar-refractivity contribution < 1.29 is 22.3 Å². The number of allylic oxidation sites excluding steroid dienone is 2.